The summed E-state index contributed by atoms with van der Waals surface area (Å²) in [5.74, 6) is -1.46. The summed E-state index contributed by atoms with van der Waals surface area (Å²) in [4.78, 5) is 29.2. The van der Waals surface area contributed by atoms with E-state index in [2.05, 4.69) is 4.98 Å². The van der Waals surface area contributed by atoms with E-state index in [0.29, 0.717) is 22.2 Å². The topological polar surface area (TPSA) is 53.2 Å². The molecule has 0 unspecified atom stereocenters. The number of carbonyl (C=O) groups is 2. The van der Waals surface area contributed by atoms with Crippen molar-refractivity contribution in [1.82, 2.24) is 4.98 Å². The number of nitrogens with zero attached hydrogens (tertiary/aromatic N) is 1. The molecule has 6 heteroatoms. The zero-order chi connectivity index (χ0) is 16.8. The van der Waals surface area contributed by atoms with Gasteiger partial charge in [-0.2, -0.15) is 0 Å². The second-order valence-electron chi connectivity index (χ2n) is 5.36. The molecule has 4 nitrogen and oxygen atoms in total. The molecule has 1 aliphatic rings. The SMILES string of the molecule is O=C1C(Cl)=C(c2c[nH]c3cc(F)ccc23)C(=O)N1c1ccccc1. The van der Waals surface area contributed by atoms with E-state index in [-0.39, 0.29) is 10.6 Å². The molecule has 0 fully saturated rings. The number of amides is 2. The third kappa shape index (κ3) is 2.06. The highest BCUT2D eigenvalue weighted by Crippen LogP contribution is 2.37. The summed E-state index contributed by atoms with van der Waals surface area (Å²) < 4.78 is 13.3. The maximum Gasteiger partial charge on any atom is 0.277 e. The quantitative estimate of drug-likeness (QED) is 0.721. The fourth-order valence-corrected chi connectivity index (χ4v) is 3.12. The monoisotopic (exact) mass is 340 g/mol. The van der Waals surface area contributed by atoms with Crippen LogP contribution in [0.3, 0.4) is 0 Å². The molecule has 0 spiro atoms. The van der Waals surface area contributed by atoms with Crippen molar-refractivity contribution in [3.8, 4) is 0 Å². The number of fused-ring (bicyclic) bond motifs is 1. The maximum atomic E-state index is 13.3. The molecule has 0 saturated heterocycles. The molecule has 3 aromatic rings. The molecule has 118 valence electrons. The van der Waals surface area contributed by atoms with Crippen LogP contribution in [0.1, 0.15) is 5.56 Å². The molecule has 2 amide bonds. The lowest BCUT2D eigenvalue weighted by Crippen LogP contribution is -2.31. The molecule has 0 radical (unpaired) electrons. The Morgan fingerprint density at radius 1 is 1.00 bits per heavy atom. The standard InChI is InChI=1S/C18H10ClFN2O2/c19-16-15(13-9-21-14-8-10(20)6-7-12(13)14)17(23)22(18(16)24)11-4-2-1-3-5-11/h1-9,21H. The summed E-state index contributed by atoms with van der Waals surface area (Å²) >= 11 is 6.17. The summed E-state index contributed by atoms with van der Waals surface area (Å²) in [6.45, 7) is 0. The van der Waals surface area contributed by atoms with E-state index >= 15 is 0 Å². The van der Waals surface area contributed by atoms with Crippen LogP contribution in [0, 0.1) is 5.82 Å². The Morgan fingerprint density at radius 3 is 2.50 bits per heavy atom. The summed E-state index contributed by atoms with van der Waals surface area (Å²) in [5.41, 5.74) is 1.57. The van der Waals surface area contributed by atoms with Gasteiger partial charge in [-0.3, -0.25) is 9.59 Å². The van der Waals surface area contributed by atoms with Gasteiger partial charge in [0.15, 0.2) is 0 Å². The highest BCUT2D eigenvalue weighted by molar-refractivity contribution is 6.60. The lowest BCUT2D eigenvalue weighted by atomic mass is 10.1. The van der Waals surface area contributed by atoms with Gasteiger partial charge < -0.3 is 4.98 Å². The number of carbonyl (C=O) groups excluding carboxylic acids is 2. The first-order chi connectivity index (χ1) is 11.6. The predicted molar refractivity (Wildman–Crippen MR) is 90.0 cm³/mol. The van der Waals surface area contributed by atoms with Crippen molar-refractivity contribution in [3.05, 3.63) is 71.1 Å². The lowest BCUT2D eigenvalue weighted by molar-refractivity contribution is -0.119. The minimum absolute atomic E-state index is 0.114. The van der Waals surface area contributed by atoms with Gasteiger partial charge in [-0.1, -0.05) is 29.8 Å². The van der Waals surface area contributed by atoms with Gasteiger partial charge in [0.2, 0.25) is 0 Å². The molecule has 1 aliphatic heterocycles. The Bertz CT molecular complexity index is 1020. The number of rotatable bonds is 2. The molecule has 0 saturated carbocycles. The smallest absolute Gasteiger partial charge is 0.277 e. The molecule has 0 atom stereocenters. The van der Waals surface area contributed by atoms with Crippen LogP contribution in [0.15, 0.2) is 59.8 Å². The number of benzene rings is 2. The van der Waals surface area contributed by atoms with E-state index in [1.807, 2.05) is 0 Å². The van der Waals surface area contributed by atoms with Crippen LogP contribution >= 0.6 is 11.6 Å². The molecule has 4 rings (SSSR count). The Hall–Kier alpha value is -2.92. The van der Waals surface area contributed by atoms with Crippen molar-refractivity contribution in [2.24, 2.45) is 0 Å². The molecule has 1 aromatic heterocycles. The average Bonchev–Trinajstić information content (AvgIpc) is 3.07. The molecular weight excluding hydrogens is 331 g/mol. The second kappa shape index (κ2) is 5.32. The Labute approximate surface area is 141 Å². The van der Waals surface area contributed by atoms with E-state index < -0.39 is 17.6 Å². The fraction of sp³-hybridized carbons (Fsp3) is 0. The van der Waals surface area contributed by atoms with Crippen molar-refractivity contribution < 1.29 is 14.0 Å². The number of nitrogens with one attached hydrogen (secondary N) is 1. The number of para-hydroxylation sites is 1. The van der Waals surface area contributed by atoms with Gasteiger partial charge in [-0.15, -0.1) is 0 Å². The molecule has 24 heavy (non-hydrogen) atoms. The largest absolute Gasteiger partial charge is 0.360 e. The fourth-order valence-electron chi connectivity index (χ4n) is 2.85. The van der Waals surface area contributed by atoms with Gasteiger partial charge in [0, 0.05) is 22.7 Å². The maximum absolute atomic E-state index is 13.3. The third-order valence-corrected chi connectivity index (χ3v) is 4.31. The van der Waals surface area contributed by atoms with Gasteiger partial charge in [-0.05, 0) is 30.3 Å². The van der Waals surface area contributed by atoms with Crippen LogP contribution in [0.2, 0.25) is 0 Å². The first-order valence-corrected chi connectivity index (χ1v) is 7.56. The first kappa shape index (κ1) is 14.7. The van der Waals surface area contributed by atoms with Crippen molar-refractivity contribution in [1.29, 1.82) is 0 Å². The number of hydrogen-bond acceptors (Lipinski definition) is 2. The normalized spacial score (nSPS) is 15.0. The number of hydrogen-bond donors (Lipinski definition) is 1. The Kier molecular flexibility index (Phi) is 3.25. The number of aromatic nitrogens is 1. The second-order valence-corrected chi connectivity index (χ2v) is 5.74. The number of aromatic amines is 1. The summed E-state index contributed by atoms with van der Waals surface area (Å²) in [6.07, 6.45) is 1.56. The van der Waals surface area contributed by atoms with Crippen molar-refractivity contribution in [2.75, 3.05) is 4.90 Å². The van der Waals surface area contributed by atoms with Gasteiger partial charge in [0.05, 0.1) is 11.3 Å². The number of H-pyrrole nitrogens is 1. The van der Waals surface area contributed by atoms with Crippen LogP contribution < -0.4 is 4.90 Å². The van der Waals surface area contributed by atoms with E-state index in [9.17, 15) is 14.0 Å². The number of anilines is 1. The summed E-state index contributed by atoms with van der Waals surface area (Å²) in [7, 11) is 0. The highest BCUT2D eigenvalue weighted by atomic mass is 35.5. The molecule has 2 heterocycles. The van der Waals surface area contributed by atoms with E-state index in [1.54, 1.807) is 42.6 Å². The summed E-state index contributed by atoms with van der Waals surface area (Å²) in [5, 5.41) is 0.481. The Balaban J connectivity index is 1.86. The molecule has 0 aliphatic carbocycles. The van der Waals surface area contributed by atoms with Gasteiger partial charge in [0.25, 0.3) is 11.8 Å². The third-order valence-electron chi connectivity index (χ3n) is 3.95. The van der Waals surface area contributed by atoms with Crippen LogP contribution in [-0.4, -0.2) is 16.8 Å². The van der Waals surface area contributed by atoms with Crippen molar-refractivity contribution >= 4 is 45.6 Å². The van der Waals surface area contributed by atoms with Gasteiger partial charge in [0.1, 0.15) is 10.8 Å². The average molecular weight is 341 g/mol. The van der Waals surface area contributed by atoms with E-state index in [1.165, 1.54) is 12.1 Å². The highest BCUT2D eigenvalue weighted by Gasteiger charge is 2.39. The first-order valence-electron chi connectivity index (χ1n) is 7.18. The van der Waals surface area contributed by atoms with E-state index in [4.69, 9.17) is 11.6 Å². The van der Waals surface area contributed by atoms with Crippen molar-refractivity contribution in [3.63, 3.8) is 0 Å². The zero-order valence-electron chi connectivity index (χ0n) is 12.2. The van der Waals surface area contributed by atoms with Gasteiger partial charge in [-0.25, -0.2) is 9.29 Å². The zero-order valence-corrected chi connectivity index (χ0v) is 13.0. The predicted octanol–water partition coefficient (Wildman–Crippen LogP) is 3.83. The van der Waals surface area contributed by atoms with Crippen molar-refractivity contribution in [2.45, 2.75) is 0 Å². The van der Waals surface area contributed by atoms with Crippen LogP contribution in [-0.2, 0) is 9.59 Å². The van der Waals surface area contributed by atoms with Gasteiger partial charge >= 0.3 is 0 Å². The molecule has 1 N–H and O–H groups in total. The molecule has 2 aromatic carbocycles. The minimum Gasteiger partial charge on any atom is -0.360 e. The van der Waals surface area contributed by atoms with Crippen LogP contribution in [0.4, 0.5) is 10.1 Å². The van der Waals surface area contributed by atoms with Crippen LogP contribution in [0.25, 0.3) is 16.5 Å². The molecular formula is C18H10ClFN2O2. The van der Waals surface area contributed by atoms with E-state index in [0.717, 1.165) is 4.90 Å². The molecule has 0 bridgehead atoms. The number of imide groups is 1. The Morgan fingerprint density at radius 2 is 1.75 bits per heavy atom. The van der Waals surface area contributed by atoms with Crippen LogP contribution in [0.5, 0.6) is 0 Å². The lowest BCUT2D eigenvalue weighted by Gasteiger charge is -2.14. The summed E-state index contributed by atoms with van der Waals surface area (Å²) in [6, 6.07) is 12.7. The minimum atomic E-state index is -0.570. The number of halogens is 2.